The van der Waals surface area contributed by atoms with Crippen molar-refractivity contribution >= 4 is 5.97 Å². The molecule has 0 rings (SSSR count). The van der Waals surface area contributed by atoms with Crippen molar-refractivity contribution in [1.82, 2.24) is 0 Å². The lowest BCUT2D eigenvalue weighted by Gasteiger charge is -2.27. The van der Waals surface area contributed by atoms with Gasteiger partial charge < -0.3 is 10.8 Å². The SMILES string of the molecule is CCCCC(C)(C)CC(N)CC(=O)O. The summed E-state index contributed by atoms with van der Waals surface area (Å²) in [4.78, 5) is 10.4. The van der Waals surface area contributed by atoms with Gasteiger partial charge in [-0.25, -0.2) is 0 Å². The van der Waals surface area contributed by atoms with Gasteiger partial charge in [-0.2, -0.15) is 0 Å². The highest BCUT2D eigenvalue weighted by atomic mass is 16.4. The minimum Gasteiger partial charge on any atom is -0.481 e. The largest absolute Gasteiger partial charge is 0.481 e. The Morgan fingerprint density at radius 3 is 2.50 bits per heavy atom. The van der Waals surface area contributed by atoms with Crippen LogP contribution in [0.5, 0.6) is 0 Å². The van der Waals surface area contributed by atoms with Crippen LogP contribution in [0.1, 0.15) is 52.9 Å². The monoisotopic (exact) mass is 201 g/mol. The summed E-state index contributed by atoms with van der Waals surface area (Å²) in [5.74, 6) is -0.802. The second-order valence-corrected chi connectivity index (χ2v) is 4.83. The van der Waals surface area contributed by atoms with E-state index in [0.717, 1.165) is 12.8 Å². The molecule has 0 aromatic heterocycles. The molecule has 0 fully saturated rings. The molecule has 0 saturated heterocycles. The Hall–Kier alpha value is -0.570. The first-order chi connectivity index (χ1) is 6.37. The number of carboxylic acid groups (broad SMARTS) is 1. The van der Waals surface area contributed by atoms with Crippen LogP contribution < -0.4 is 5.73 Å². The average molecular weight is 201 g/mol. The number of rotatable bonds is 7. The maximum absolute atomic E-state index is 10.4. The van der Waals surface area contributed by atoms with E-state index in [1.165, 1.54) is 12.8 Å². The molecule has 1 atom stereocenters. The zero-order chi connectivity index (χ0) is 11.2. The van der Waals surface area contributed by atoms with Crippen LogP contribution in [-0.2, 0) is 4.79 Å². The molecule has 3 N–H and O–H groups in total. The number of carbonyl (C=O) groups is 1. The number of carboxylic acids is 1. The molecule has 0 bridgehead atoms. The molecule has 0 saturated carbocycles. The van der Waals surface area contributed by atoms with E-state index in [0.29, 0.717) is 0 Å². The highest BCUT2D eigenvalue weighted by Gasteiger charge is 2.21. The van der Waals surface area contributed by atoms with Crippen molar-refractivity contribution in [3.63, 3.8) is 0 Å². The lowest BCUT2D eigenvalue weighted by Crippen LogP contribution is -2.30. The molecule has 84 valence electrons. The molecule has 14 heavy (non-hydrogen) atoms. The van der Waals surface area contributed by atoms with Crippen molar-refractivity contribution in [2.24, 2.45) is 11.1 Å². The third-order valence-electron chi connectivity index (χ3n) is 2.46. The van der Waals surface area contributed by atoms with Crippen LogP contribution in [0, 0.1) is 5.41 Å². The molecular formula is C11H23NO2. The molecule has 0 aliphatic carbocycles. The zero-order valence-corrected chi connectivity index (χ0v) is 9.55. The van der Waals surface area contributed by atoms with Crippen LogP contribution in [0.15, 0.2) is 0 Å². The molecule has 0 heterocycles. The van der Waals surface area contributed by atoms with Crippen molar-refractivity contribution in [3.8, 4) is 0 Å². The second kappa shape index (κ2) is 6.02. The van der Waals surface area contributed by atoms with Crippen LogP contribution >= 0.6 is 0 Å². The molecule has 0 amide bonds. The number of hydrogen-bond donors (Lipinski definition) is 2. The summed E-state index contributed by atoms with van der Waals surface area (Å²) < 4.78 is 0. The van der Waals surface area contributed by atoms with E-state index >= 15 is 0 Å². The normalized spacial score (nSPS) is 14.0. The Morgan fingerprint density at radius 2 is 2.07 bits per heavy atom. The number of hydrogen-bond acceptors (Lipinski definition) is 2. The van der Waals surface area contributed by atoms with Gasteiger partial charge in [-0.3, -0.25) is 4.79 Å². The van der Waals surface area contributed by atoms with Gasteiger partial charge in [-0.15, -0.1) is 0 Å². The summed E-state index contributed by atoms with van der Waals surface area (Å²) >= 11 is 0. The fourth-order valence-corrected chi connectivity index (χ4v) is 1.76. The van der Waals surface area contributed by atoms with Gasteiger partial charge in [0.25, 0.3) is 0 Å². The molecule has 0 aromatic rings. The topological polar surface area (TPSA) is 63.3 Å². The van der Waals surface area contributed by atoms with Crippen molar-refractivity contribution < 1.29 is 9.90 Å². The summed E-state index contributed by atoms with van der Waals surface area (Å²) in [7, 11) is 0. The highest BCUT2D eigenvalue weighted by Crippen LogP contribution is 2.29. The van der Waals surface area contributed by atoms with E-state index in [4.69, 9.17) is 10.8 Å². The smallest absolute Gasteiger partial charge is 0.304 e. The highest BCUT2D eigenvalue weighted by molar-refractivity contribution is 5.67. The summed E-state index contributed by atoms with van der Waals surface area (Å²) in [6.45, 7) is 6.47. The Balaban J connectivity index is 3.87. The first-order valence-electron chi connectivity index (χ1n) is 5.35. The van der Waals surface area contributed by atoms with Crippen molar-refractivity contribution in [3.05, 3.63) is 0 Å². The molecule has 0 radical (unpaired) electrons. The zero-order valence-electron chi connectivity index (χ0n) is 9.55. The van der Waals surface area contributed by atoms with E-state index < -0.39 is 5.97 Å². The third kappa shape index (κ3) is 6.89. The summed E-state index contributed by atoms with van der Waals surface area (Å²) in [5, 5.41) is 8.58. The quantitative estimate of drug-likeness (QED) is 0.664. The predicted octanol–water partition coefficient (Wildman–Crippen LogP) is 2.39. The van der Waals surface area contributed by atoms with Crippen LogP contribution in [0.4, 0.5) is 0 Å². The molecule has 1 unspecified atom stereocenters. The second-order valence-electron chi connectivity index (χ2n) is 4.83. The molecule has 0 aromatic carbocycles. The van der Waals surface area contributed by atoms with Crippen molar-refractivity contribution in [2.45, 2.75) is 58.9 Å². The minimum absolute atomic E-state index is 0.0789. The van der Waals surface area contributed by atoms with E-state index in [2.05, 4.69) is 20.8 Å². The lowest BCUT2D eigenvalue weighted by molar-refractivity contribution is -0.137. The Morgan fingerprint density at radius 1 is 1.50 bits per heavy atom. The number of aliphatic carboxylic acids is 1. The molecule has 3 nitrogen and oxygen atoms in total. The van der Waals surface area contributed by atoms with Gasteiger partial charge in [0.1, 0.15) is 0 Å². The lowest BCUT2D eigenvalue weighted by atomic mass is 9.81. The van der Waals surface area contributed by atoms with Crippen molar-refractivity contribution in [2.75, 3.05) is 0 Å². The van der Waals surface area contributed by atoms with Gasteiger partial charge in [0.2, 0.25) is 0 Å². The summed E-state index contributed by atoms with van der Waals surface area (Å²) in [6, 6.07) is -0.209. The number of nitrogens with two attached hydrogens (primary N) is 1. The summed E-state index contributed by atoms with van der Waals surface area (Å²) in [5.41, 5.74) is 5.92. The third-order valence-corrected chi connectivity index (χ3v) is 2.46. The van der Waals surface area contributed by atoms with Crippen LogP contribution in [-0.4, -0.2) is 17.1 Å². The fraction of sp³-hybridized carbons (Fsp3) is 0.909. The van der Waals surface area contributed by atoms with Gasteiger partial charge in [-0.05, 0) is 18.3 Å². The van der Waals surface area contributed by atoms with E-state index in [9.17, 15) is 4.79 Å². The van der Waals surface area contributed by atoms with Gasteiger partial charge in [0.05, 0.1) is 6.42 Å². The Bertz CT molecular complexity index is 178. The van der Waals surface area contributed by atoms with Gasteiger partial charge >= 0.3 is 5.97 Å². The van der Waals surface area contributed by atoms with E-state index in [-0.39, 0.29) is 17.9 Å². The van der Waals surface area contributed by atoms with Crippen LogP contribution in [0.2, 0.25) is 0 Å². The van der Waals surface area contributed by atoms with Crippen LogP contribution in [0.25, 0.3) is 0 Å². The Labute approximate surface area is 86.7 Å². The van der Waals surface area contributed by atoms with Crippen molar-refractivity contribution in [1.29, 1.82) is 0 Å². The molecule has 0 aliphatic heterocycles. The summed E-state index contributed by atoms with van der Waals surface area (Å²) in [6.07, 6.45) is 4.36. The molecule has 0 aliphatic rings. The molecule has 0 spiro atoms. The van der Waals surface area contributed by atoms with Crippen LogP contribution in [0.3, 0.4) is 0 Å². The van der Waals surface area contributed by atoms with E-state index in [1.807, 2.05) is 0 Å². The van der Waals surface area contributed by atoms with Gasteiger partial charge in [-0.1, -0.05) is 33.6 Å². The first-order valence-corrected chi connectivity index (χ1v) is 5.35. The molecular weight excluding hydrogens is 178 g/mol. The Kier molecular flexibility index (Phi) is 5.77. The fourth-order valence-electron chi connectivity index (χ4n) is 1.76. The first kappa shape index (κ1) is 13.4. The maximum Gasteiger partial charge on any atom is 0.304 e. The number of unbranched alkanes of at least 4 members (excludes halogenated alkanes) is 1. The van der Waals surface area contributed by atoms with Gasteiger partial charge in [0.15, 0.2) is 0 Å². The minimum atomic E-state index is -0.802. The van der Waals surface area contributed by atoms with E-state index in [1.54, 1.807) is 0 Å². The average Bonchev–Trinajstić information content (AvgIpc) is 1.98. The van der Waals surface area contributed by atoms with Gasteiger partial charge in [0, 0.05) is 6.04 Å². The predicted molar refractivity (Wildman–Crippen MR) is 58.2 cm³/mol. The standard InChI is InChI=1S/C11H23NO2/c1-4-5-6-11(2,3)8-9(12)7-10(13)14/h9H,4-8,12H2,1-3H3,(H,13,14). The molecule has 3 heteroatoms. The maximum atomic E-state index is 10.4.